The van der Waals surface area contributed by atoms with E-state index in [2.05, 4.69) is 4.72 Å². The fourth-order valence-electron chi connectivity index (χ4n) is 2.07. The summed E-state index contributed by atoms with van der Waals surface area (Å²) in [5.41, 5.74) is 1.66. The SMILES string of the molecule is COc1cc(CNS(=O)(=O)c2cc(C(=O)O)oc2C)ccc1C. The minimum Gasteiger partial charge on any atom is -0.496 e. The molecule has 1 aromatic carbocycles. The second-order valence-electron chi connectivity index (χ2n) is 4.96. The largest absolute Gasteiger partial charge is 0.496 e. The highest BCUT2D eigenvalue weighted by Crippen LogP contribution is 2.22. The Bertz CT molecular complexity index is 838. The van der Waals surface area contributed by atoms with Gasteiger partial charge >= 0.3 is 5.97 Å². The van der Waals surface area contributed by atoms with Gasteiger partial charge in [-0.15, -0.1) is 0 Å². The monoisotopic (exact) mass is 339 g/mol. The molecular formula is C15H17NO6S. The molecule has 0 atom stereocenters. The van der Waals surface area contributed by atoms with Crippen LogP contribution in [0.3, 0.4) is 0 Å². The van der Waals surface area contributed by atoms with E-state index in [9.17, 15) is 13.2 Å². The molecule has 0 aliphatic carbocycles. The number of carboxylic acid groups (broad SMARTS) is 1. The number of sulfonamides is 1. The smallest absolute Gasteiger partial charge is 0.371 e. The summed E-state index contributed by atoms with van der Waals surface area (Å²) in [7, 11) is -2.34. The topological polar surface area (TPSA) is 106 Å². The zero-order valence-corrected chi connectivity index (χ0v) is 13.7. The molecule has 124 valence electrons. The Hall–Kier alpha value is -2.32. The van der Waals surface area contributed by atoms with E-state index in [-0.39, 0.29) is 17.2 Å². The zero-order valence-electron chi connectivity index (χ0n) is 12.9. The lowest BCUT2D eigenvalue weighted by molar-refractivity contribution is 0.0661. The summed E-state index contributed by atoms with van der Waals surface area (Å²) < 4.78 is 37.1. The number of carboxylic acids is 1. The molecule has 0 aliphatic heterocycles. The molecule has 23 heavy (non-hydrogen) atoms. The minimum absolute atomic E-state index is 0.0244. The number of methoxy groups -OCH3 is 1. The van der Waals surface area contributed by atoms with Crippen LogP contribution in [-0.2, 0) is 16.6 Å². The van der Waals surface area contributed by atoms with Crippen LogP contribution in [0.2, 0.25) is 0 Å². The molecule has 0 radical (unpaired) electrons. The van der Waals surface area contributed by atoms with Crippen molar-refractivity contribution in [1.29, 1.82) is 0 Å². The Labute approximate surface area is 133 Å². The zero-order chi connectivity index (χ0) is 17.2. The molecule has 0 saturated heterocycles. The van der Waals surface area contributed by atoms with Crippen LogP contribution < -0.4 is 9.46 Å². The molecule has 1 aromatic heterocycles. The number of benzene rings is 1. The van der Waals surface area contributed by atoms with Crippen molar-refractivity contribution in [1.82, 2.24) is 4.72 Å². The highest BCUT2D eigenvalue weighted by molar-refractivity contribution is 7.89. The van der Waals surface area contributed by atoms with Crippen LogP contribution in [0.4, 0.5) is 0 Å². The van der Waals surface area contributed by atoms with Gasteiger partial charge in [0, 0.05) is 12.6 Å². The number of furan rings is 1. The maximum absolute atomic E-state index is 12.3. The molecule has 8 heteroatoms. The highest BCUT2D eigenvalue weighted by atomic mass is 32.2. The Kier molecular flexibility index (Phi) is 4.76. The Morgan fingerprint density at radius 2 is 2.00 bits per heavy atom. The maximum Gasteiger partial charge on any atom is 0.371 e. The van der Waals surface area contributed by atoms with Crippen molar-refractivity contribution >= 4 is 16.0 Å². The van der Waals surface area contributed by atoms with Crippen LogP contribution in [0.5, 0.6) is 5.75 Å². The maximum atomic E-state index is 12.3. The van der Waals surface area contributed by atoms with Crippen LogP contribution in [0.1, 0.15) is 27.4 Å². The van der Waals surface area contributed by atoms with Gasteiger partial charge in [-0.05, 0) is 31.0 Å². The number of aromatic carboxylic acids is 1. The summed E-state index contributed by atoms with van der Waals surface area (Å²) in [5.74, 6) is -1.05. The number of aryl methyl sites for hydroxylation is 2. The fraction of sp³-hybridized carbons (Fsp3) is 0.267. The van der Waals surface area contributed by atoms with E-state index in [4.69, 9.17) is 14.3 Å². The predicted molar refractivity (Wildman–Crippen MR) is 82.2 cm³/mol. The van der Waals surface area contributed by atoms with E-state index in [1.807, 2.05) is 13.0 Å². The third-order valence-corrected chi connectivity index (χ3v) is 4.82. The first-order valence-electron chi connectivity index (χ1n) is 6.71. The molecule has 2 aromatic rings. The van der Waals surface area contributed by atoms with Gasteiger partial charge in [-0.2, -0.15) is 0 Å². The summed E-state index contributed by atoms with van der Waals surface area (Å²) in [6.45, 7) is 3.33. The lowest BCUT2D eigenvalue weighted by Gasteiger charge is -2.09. The van der Waals surface area contributed by atoms with Crippen molar-refractivity contribution in [3.05, 3.63) is 46.9 Å². The molecular weight excluding hydrogens is 322 g/mol. The van der Waals surface area contributed by atoms with Gasteiger partial charge in [0.15, 0.2) is 0 Å². The van der Waals surface area contributed by atoms with Crippen molar-refractivity contribution in [2.45, 2.75) is 25.3 Å². The van der Waals surface area contributed by atoms with Gasteiger partial charge in [-0.3, -0.25) is 0 Å². The van der Waals surface area contributed by atoms with Crippen molar-refractivity contribution < 1.29 is 27.5 Å². The second-order valence-corrected chi connectivity index (χ2v) is 6.70. The van der Waals surface area contributed by atoms with E-state index in [1.54, 1.807) is 19.2 Å². The van der Waals surface area contributed by atoms with Crippen molar-refractivity contribution in [2.75, 3.05) is 7.11 Å². The number of ether oxygens (including phenoxy) is 1. The summed E-state index contributed by atoms with van der Waals surface area (Å²) in [6, 6.07) is 6.35. The van der Waals surface area contributed by atoms with Crippen LogP contribution in [-0.4, -0.2) is 26.6 Å². The van der Waals surface area contributed by atoms with E-state index in [0.29, 0.717) is 5.75 Å². The van der Waals surface area contributed by atoms with Gasteiger partial charge in [-0.25, -0.2) is 17.9 Å². The Balaban J connectivity index is 2.20. The molecule has 2 rings (SSSR count). The minimum atomic E-state index is -3.88. The Morgan fingerprint density at radius 3 is 2.57 bits per heavy atom. The van der Waals surface area contributed by atoms with Crippen molar-refractivity contribution in [2.24, 2.45) is 0 Å². The van der Waals surface area contributed by atoms with Crippen LogP contribution >= 0.6 is 0 Å². The van der Waals surface area contributed by atoms with E-state index in [0.717, 1.165) is 17.2 Å². The lowest BCUT2D eigenvalue weighted by atomic mass is 10.1. The number of hydrogen-bond donors (Lipinski definition) is 2. The van der Waals surface area contributed by atoms with E-state index in [1.165, 1.54) is 6.92 Å². The third kappa shape index (κ3) is 3.72. The van der Waals surface area contributed by atoms with Crippen molar-refractivity contribution in [3.8, 4) is 5.75 Å². The quantitative estimate of drug-likeness (QED) is 0.834. The van der Waals surface area contributed by atoms with E-state index >= 15 is 0 Å². The Morgan fingerprint density at radius 1 is 1.30 bits per heavy atom. The fourth-order valence-corrected chi connectivity index (χ4v) is 3.26. The highest BCUT2D eigenvalue weighted by Gasteiger charge is 2.23. The predicted octanol–water partition coefficient (Wildman–Crippen LogP) is 2.08. The molecule has 0 amide bonds. The van der Waals surface area contributed by atoms with Gasteiger partial charge < -0.3 is 14.3 Å². The third-order valence-electron chi connectivity index (χ3n) is 3.31. The van der Waals surface area contributed by atoms with Crippen molar-refractivity contribution in [3.63, 3.8) is 0 Å². The molecule has 0 saturated carbocycles. The average molecular weight is 339 g/mol. The van der Waals surface area contributed by atoms with Gasteiger partial charge in [0.05, 0.1) is 7.11 Å². The number of carbonyl (C=O) groups is 1. The van der Waals surface area contributed by atoms with Gasteiger partial charge in [-0.1, -0.05) is 12.1 Å². The van der Waals surface area contributed by atoms with Gasteiger partial charge in [0.2, 0.25) is 15.8 Å². The first-order valence-corrected chi connectivity index (χ1v) is 8.20. The number of hydrogen-bond acceptors (Lipinski definition) is 5. The van der Waals surface area contributed by atoms with Gasteiger partial charge in [0.25, 0.3) is 0 Å². The van der Waals surface area contributed by atoms with Gasteiger partial charge in [0.1, 0.15) is 16.4 Å². The molecule has 0 unspecified atom stereocenters. The second kappa shape index (κ2) is 6.43. The summed E-state index contributed by atoms with van der Waals surface area (Å²) in [5, 5.41) is 8.86. The molecule has 0 aliphatic rings. The summed E-state index contributed by atoms with van der Waals surface area (Å²) in [4.78, 5) is 10.7. The molecule has 7 nitrogen and oxygen atoms in total. The summed E-state index contributed by atoms with van der Waals surface area (Å²) in [6.07, 6.45) is 0. The molecule has 1 heterocycles. The average Bonchev–Trinajstić information content (AvgIpc) is 2.89. The molecule has 0 spiro atoms. The normalized spacial score (nSPS) is 11.4. The molecule has 2 N–H and O–H groups in total. The lowest BCUT2D eigenvalue weighted by Crippen LogP contribution is -2.23. The first kappa shape index (κ1) is 17.0. The number of rotatable bonds is 6. The van der Waals surface area contributed by atoms with Crippen LogP contribution in [0.15, 0.2) is 33.6 Å². The standard InChI is InChI=1S/C15H17NO6S/c1-9-4-5-11(6-12(9)21-3)8-16-23(19,20)14-7-13(15(17)18)22-10(14)2/h4-7,16H,8H2,1-3H3,(H,17,18). The number of nitrogens with one attached hydrogen (secondary N) is 1. The molecule has 0 fully saturated rings. The first-order chi connectivity index (χ1) is 10.7. The van der Waals surface area contributed by atoms with Crippen LogP contribution in [0.25, 0.3) is 0 Å². The summed E-state index contributed by atoms with van der Waals surface area (Å²) >= 11 is 0. The molecule has 0 bridgehead atoms. The van der Waals surface area contributed by atoms with Crippen LogP contribution in [0, 0.1) is 13.8 Å². The van der Waals surface area contributed by atoms with E-state index < -0.39 is 21.8 Å².